The lowest BCUT2D eigenvalue weighted by Gasteiger charge is -2.13. The second kappa shape index (κ2) is 6.24. The van der Waals surface area contributed by atoms with E-state index in [0.29, 0.717) is 10.8 Å². The summed E-state index contributed by atoms with van der Waals surface area (Å²) in [5, 5.41) is 10.7. The highest BCUT2D eigenvalue weighted by molar-refractivity contribution is 6.30. The molecular formula is C14H11Cl2FO2. The Balaban J connectivity index is 2.03. The van der Waals surface area contributed by atoms with Gasteiger partial charge in [0, 0.05) is 15.6 Å². The molecule has 0 heterocycles. The van der Waals surface area contributed by atoms with Crippen molar-refractivity contribution >= 4 is 23.2 Å². The molecule has 0 fully saturated rings. The van der Waals surface area contributed by atoms with E-state index in [9.17, 15) is 9.50 Å². The minimum Gasteiger partial charge on any atom is -0.490 e. The van der Waals surface area contributed by atoms with Crippen molar-refractivity contribution < 1.29 is 14.2 Å². The van der Waals surface area contributed by atoms with Gasteiger partial charge >= 0.3 is 0 Å². The molecule has 0 radical (unpaired) electrons. The quantitative estimate of drug-likeness (QED) is 0.915. The molecule has 0 aromatic heterocycles. The van der Waals surface area contributed by atoms with Gasteiger partial charge < -0.3 is 9.84 Å². The number of hydrogen-bond acceptors (Lipinski definition) is 2. The third kappa shape index (κ3) is 3.83. The largest absolute Gasteiger partial charge is 0.490 e. The van der Waals surface area contributed by atoms with Crippen LogP contribution in [0.2, 0.25) is 10.0 Å². The van der Waals surface area contributed by atoms with Gasteiger partial charge in [-0.15, -0.1) is 0 Å². The molecule has 0 aliphatic rings. The minimum absolute atomic E-state index is 0.0705. The Hall–Kier alpha value is -1.29. The van der Waals surface area contributed by atoms with Gasteiger partial charge in [-0.05, 0) is 30.3 Å². The van der Waals surface area contributed by atoms with Crippen molar-refractivity contribution in [3.05, 3.63) is 63.9 Å². The summed E-state index contributed by atoms with van der Waals surface area (Å²) in [5.41, 5.74) is 0.145. The highest BCUT2D eigenvalue weighted by atomic mass is 35.5. The molecule has 0 aliphatic carbocycles. The zero-order chi connectivity index (χ0) is 13.8. The second-order valence-corrected chi connectivity index (χ2v) is 4.82. The summed E-state index contributed by atoms with van der Waals surface area (Å²) >= 11 is 11.4. The van der Waals surface area contributed by atoms with E-state index in [0.717, 1.165) is 6.07 Å². The second-order valence-electron chi connectivity index (χ2n) is 3.95. The predicted octanol–water partition coefficient (Wildman–Crippen LogP) is 4.24. The van der Waals surface area contributed by atoms with Gasteiger partial charge in [0.2, 0.25) is 0 Å². The van der Waals surface area contributed by atoms with Gasteiger partial charge in [-0.3, -0.25) is 0 Å². The fourth-order valence-electron chi connectivity index (χ4n) is 1.59. The van der Waals surface area contributed by atoms with Crippen LogP contribution in [0.5, 0.6) is 5.75 Å². The van der Waals surface area contributed by atoms with Gasteiger partial charge in [-0.25, -0.2) is 4.39 Å². The monoisotopic (exact) mass is 300 g/mol. The van der Waals surface area contributed by atoms with Gasteiger partial charge in [0.25, 0.3) is 0 Å². The van der Waals surface area contributed by atoms with Crippen molar-refractivity contribution in [3.8, 4) is 5.75 Å². The highest BCUT2D eigenvalue weighted by Crippen LogP contribution is 2.23. The average Bonchev–Trinajstić information content (AvgIpc) is 2.36. The van der Waals surface area contributed by atoms with E-state index >= 15 is 0 Å². The maximum Gasteiger partial charge on any atom is 0.130 e. The third-order valence-corrected chi connectivity index (χ3v) is 3.00. The lowest BCUT2D eigenvalue weighted by Crippen LogP contribution is -2.11. The first-order valence-corrected chi connectivity index (χ1v) is 6.33. The van der Waals surface area contributed by atoms with Gasteiger partial charge in [-0.1, -0.05) is 35.3 Å². The summed E-state index contributed by atoms with van der Waals surface area (Å²) < 4.78 is 18.9. The number of halogens is 3. The normalized spacial score (nSPS) is 12.2. The fourth-order valence-corrected chi connectivity index (χ4v) is 1.93. The van der Waals surface area contributed by atoms with Crippen molar-refractivity contribution in [2.75, 3.05) is 6.61 Å². The van der Waals surface area contributed by atoms with Crippen molar-refractivity contribution in [3.63, 3.8) is 0 Å². The van der Waals surface area contributed by atoms with Gasteiger partial charge in [0.15, 0.2) is 0 Å². The summed E-state index contributed by atoms with van der Waals surface area (Å²) in [6, 6.07) is 10.9. The van der Waals surface area contributed by atoms with Crippen LogP contribution >= 0.6 is 23.2 Å². The van der Waals surface area contributed by atoms with Gasteiger partial charge in [0.1, 0.15) is 24.3 Å². The highest BCUT2D eigenvalue weighted by Gasteiger charge is 2.14. The summed E-state index contributed by atoms with van der Waals surface area (Å²) in [5.74, 6) is -0.0457. The van der Waals surface area contributed by atoms with Gasteiger partial charge in [-0.2, -0.15) is 0 Å². The van der Waals surface area contributed by atoms with E-state index in [1.165, 1.54) is 12.1 Å². The number of aliphatic hydroxyl groups excluding tert-OH is 1. The molecule has 5 heteroatoms. The number of rotatable bonds is 4. The summed E-state index contributed by atoms with van der Waals surface area (Å²) in [4.78, 5) is 0. The Bertz CT molecular complexity index is 575. The Kier molecular flexibility index (Phi) is 4.64. The van der Waals surface area contributed by atoms with E-state index in [2.05, 4.69) is 0 Å². The number of aliphatic hydroxyl groups is 1. The maximum absolute atomic E-state index is 13.6. The van der Waals surface area contributed by atoms with Crippen LogP contribution in [-0.4, -0.2) is 11.7 Å². The van der Waals surface area contributed by atoms with Crippen molar-refractivity contribution in [2.24, 2.45) is 0 Å². The lowest BCUT2D eigenvalue weighted by molar-refractivity contribution is 0.105. The zero-order valence-corrected chi connectivity index (χ0v) is 11.3. The Morgan fingerprint density at radius 1 is 1.11 bits per heavy atom. The van der Waals surface area contributed by atoms with E-state index in [4.69, 9.17) is 27.9 Å². The van der Waals surface area contributed by atoms with Crippen LogP contribution in [0.25, 0.3) is 0 Å². The SMILES string of the molecule is OC(COc1cccc(Cl)c1)c1ccc(Cl)cc1F. The molecule has 2 aromatic carbocycles. The van der Waals surface area contributed by atoms with E-state index in [-0.39, 0.29) is 17.2 Å². The van der Waals surface area contributed by atoms with Crippen LogP contribution < -0.4 is 4.74 Å². The molecule has 1 unspecified atom stereocenters. The minimum atomic E-state index is -1.07. The third-order valence-electron chi connectivity index (χ3n) is 2.53. The maximum atomic E-state index is 13.6. The Morgan fingerprint density at radius 3 is 2.53 bits per heavy atom. The van der Waals surface area contributed by atoms with E-state index in [1.54, 1.807) is 24.3 Å². The van der Waals surface area contributed by atoms with Crippen molar-refractivity contribution in [2.45, 2.75) is 6.10 Å². The molecule has 0 saturated heterocycles. The summed E-state index contributed by atoms with van der Waals surface area (Å²) in [6.07, 6.45) is -1.07. The average molecular weight is 301 g/mol. The fraction of sp³-hybridized carbons (Fsp3) is 0.143. The summed E-state index contributed by atoms with van der Waals surface area (Å²) in [7, 11) is 0. The molecule has 1 atom stereocenters. The molecule has 100 valence electrons. The lowest BCUT2D eigenvalue weighted by atomic mass is 10.1. The first-order chi connectivity index (χ1) is 9.06. The zero-order valence-electron chi connectivity index (χ0n) is 9.82. The number of hydrogen-bond donors (Lipinski definition) is 1. The van der Waals surface area contributed by atoms with Crippen LogP contribution in [0.3, 0.4) is 0 Å². The molecular weight excluding hydrogens is 290 g/mol. The van der Waals surface area contributed by atoms with E-state index in [1.807, 2.05) is 0 Å². The molecule has 0 aliphatic heterocycles. The number of benzene rings is 2. The Labute approximate surface area is 120 Å². The first kappa shape index (κ1) is 14.1. The molecule has 1 N–H and O–H groups in total. The van der Waals surface area contributed by atoms with Crippen molar-refractivity contribution in [1.82, 2.24) is 0 Å². The van der Waals surface area contributed by atoms with Crippen LogP contribution in [0.1, 0.15) is 11.7 Å². The molecule has 2 nitrogen and oxygen atoms in total. The molecule has 2 rings (SSSR count). The molecule has 19 heavy (non-hydrogen) atoms. The molecule has 2 aromatic rings. The van der Waals surface area contributed by atoms with Crippen LogP contribution in [0.4, 0.5) is 4.39 Å². The Morgan fingerprint density at radius 2 is 1.84 bits per heavy atom. The van der Waals surface area contributed by atoms with Crippen molar-refractivity contribution in [1.29, 1.82) is 0 Å². The predicted molar refractivity (Wildman–Crippen MR) is 73.3 cm³/mol. The molecule has 0 spiro atoms. The van der Waals surface area contributed by atoms with Crippen LogP contribution in [0.15, 0.2) is 42.5 Å². The van der Waals surface area contributed by atoms with Gasteiger partial charge in [0.05, 0.1) is 0 Å². The molecule has 0 saturated carbocycles. The van der Waals surface area contributed by atoms with Crippen LogP contribution in [0, 0.1) is 5.82 Å². The molecule has 0 amide bonds. The van der Waals surface area contributed by atoms with E-state index < -0.39 is 11.9 Å². The van der Waals surface area contributed by atoms with Crippen LogP contribution in [-0.2, 0) is 0 Å². The first-order valence-electron chi connectivity index (χ1n) is 5.57. The molecule has 0 bridgehead atoms. The standard InChI is InChI=1S/C14H11Cl2FO2/c15-9-2-1-3-11(6-9)19-8-14(18)12-5-4-10(16)7-13(12)17/h1-7,14,18H,8H2. The number of ether oxygens (including phenoxy) is 1. The summed E-state index contributed by atoms with van der Waals surface area (Å²) in [6.45, 7) is -0.0705. The smallest absolute Gasteiger partial charge is 0.130 e. The topological polar surface area (TPSA) is 29.5 Å².